The number of nitrogens with one attached hydrogen (secondary N) is 3. The number of nitrogens with zero attached hydrogens (tertiary/aromatic N) is 4. The summed E-state index contributed by atoms with van der Waals surface area (Å²) in [5.41, 5.74) is 3.32. The van der Waals surface area contributed by atoms with Gasteiger partial charge in [0, 0.05) is 42.3 Å². The van der Waals surface area contributed by atoms with Gasteiger partial charge in [-0.05, 0) is 49.1 Å². The average Bonchev–Trinajstić information content (AvgIpc) is 3.69. The molecule has 2 aromatic carbocycles. The van der Waals surface area contributed by atoms with Gasteiger partial charge in [0.05, 0.1) is 25.5 Å². The maximum atomic E-state index is 14.9. The van der Waals surface area contributed by atoms with Crippen LogP contribution in [0.15, 0.2) is 54.9 Å². The number of alkyl halides is 2. The molecule has 0 radical (unpaired) electrons. The molecule has 12 heteroatoms. The summed E-state index contributed by atoms with van der Waals surface area (Å²) >= 11 is 0. The minimum atomic E-state index is -3.55. The highest BCUT2D eigenvalue weighted by Gasteiger charge is 2.48. The summed E-state index contributed by atoms with van der Waals surface area (Å²) in [5, 5.41) is 7.18. The number of aromatic amines is 1. The molecule has 1 fully saturated rings. The van der Waals surface area contributed by atoms with Crippen molar-refractivity contribution >= 4 is 45.9 Å². The molecule has 6 rings (SSSR count). The van der Waals surface area contributed by atoms with Gasteiger partial charge in [0.25, 0.3) is 11.8 Å². The normalized spacial score (nSPS) is 16.7. The van der Waals surface area contributed by atoms with E-state index in [0.717, 1.165) is 47.0 Å². The number of ether oxygens (including phenoxy) is 1. The van der Waals surface area contributed by atoms with Crippen molar-refractivity contribution in [1.82, 2.24) is 20.3 Å². The number of H-pyrrole nitrogens is 1. The van der Waals surface area contributed by atoms with Crippen LogP contribution in [0.2, 0.25) is 0 Å². The number of para-hydroxylation sites is 1. The molecule has 2 amide bonds. The van der Waals surface area contributed by atoms with Crippen LogP contribution in [0, 0.1) is 0 Å². The van der Waals surface area contributed by atoms with Gasteiger partial charge < -0.3 is 30.2 Å². The fourth-order valence-electron chi connectivity index (χ4n) is 5.91. The monoisotopic (exact) mass is 589 g/mol. The van der Waals surface area contributed by atoms with E-state index in [1.807, 2.05) is 30.5 Å². The van der Waals surface area contributed by atoms with Crippen molar-refractivity contribution in [3.05, 3.63) is 66.0 Å². The summed E-state index contributed by atoms with van der Waals surface area (Å²) in [5.74, 6) is -4.26. The van der Waals surface area contributed by atoms with Crippen molar-refractivity contribution in [2.24, 2.45) is 0 Å². The Labute approximate surface area is 247 Å². The van der Waals surface area contributed by atoms with Gasteiger partial charge >= 0.3 is 5.92 Å². The van der Waals surface area contributed by atoms with Crippen molar-refractivity contribution in [2.75, 3.05) is 42.4 Å². The van der Waals surface area contributed by atoms with E-state index in [9.17, 15) is 18.4 Å². The van der Waals surface area contributed by atoms with Crippen LogP contribution in [-0.2, 0) is 11.2 Å². The van der Waals surface area contributed by atoms with Crippen LogP contribution in [-0.4, -0.2) is 66.0 Å². The van der Waals surface area contributed by atoms with E-state index in [4.69, 9.17) is 4.74 Å². The fraction of sp³-hybridized carbons (Fsp3) is 0.355. The molecule has 1 aliphatic heterocycles. The number of hydrogen-bond donors (Lipinski definition) is 3. The number of aromatic nitrogens is 3. The molecule has 3 N–H and O–H groups in total. The van der Waals surface area contributed by atoms with Gasteiger partial charge in [-0.25, -0.2) is 4.98 Å². The number of carbonyl (C=O) groups is 2. The first kappa shape index (κ1) is 28.4. The molecule has 0 bridgehead atoms. The van der Waals surface area contributed by atoms with E-state index < -0.39 is 18.4 Å². The molecule has 0 atom stereocenters. The Kier molecular flexibility index (Phi) is 7.59. The van der Waals surface area contributed by atoms with E-state index in [0.29, 0.717) is 30.0 Å². The standard InChI is InChI=1S/C31H33F2N7O3/c1-39-25-17-36-30(38-27(25)40(21-7-3-4-8-21)18-31(32,33)29(39)42)37-24-12-11-19(15-26(24)43-2)28(41)34-14-13-20-16-35-23-10-6-5-9-22(20)23/h5-6,9-12,15-17,21,35H,3-4,7-8,13-14,18H2,1-2H3,(H,34,41)(H,36,37,38). The van der Waals surface area contributed by atoms with Crippen LogP contribution in [0.5, 0.6) is 5.75 Å². The number of benzene rings is 2. The number of amides is 2. The number of halogens is 2. The predicted molar refractivity (Wildman–Crippen MR) is 161 cm³/mol. The lowest BCUT2D eigenvalue weighted by Crippen LogP contribution is -2.48. The van der Waals surface area contributed by atoms with E-state index in [-0.39, 0.29) is 29.4 Å². The molecule has 2 aromatic heterocycles. The Balaban J connectivity index is 1.19. The molecule has 1 aliphatic carbocycles. The number of fused-ring (bicyclic) bond motifs is 2. The highest BCUT2D eigenvalue weighted by Crippen LogP contribution is 2.40. The second-order valence-corrected chi connectivity index (χ2v) is 10.9. The maximum Gasteiger partial charge on any atom is 0.342 e. The van der Waals surface area contributed by atoms with Crippen LogP contribution in [0.4, 0.5) is 31.9 Å². The van der Waals surface area contributed by atoms with Crippen LogP contribution in [0.25, 0.3) is 10.9 Å². The SMILES string of the molecule is COc1cc(C(=O)NCCc2c[nH]c3ccccc23)ccc1Nc1ncc2c(n1)N(C1CCCC1)CC(F)(F)C(=O)N2C. The van der Waals surface area contributed by atoms with E-state index in [1.54, 1.807) is 23.1 Å². The van der Waals surface area contributed by atoms with Crippen molar-refractivity contribution in [1.29, 1.82) is 0 Å². The number of carbonyl (C=O) groups excluding carboxylic acids is 2. The third kappa shape index (κ3) is 5.56. The highest BCUT2D eigenvalue weighted by molar-refractivity contribution is 6.02. The van der Waals surface area contributed by atoms with Crippen molar-refractivity contribution in [3.8, 4) is 5.75 Å². The third-order valence-corrected chi connectivity index (χ3v) is 8.20. The largest absolute Gasteiger partial charge is 0.495 e. The van der Waals surface area contributed by atoms with Gasteiger partial charge in [0.15, 0.2) is 5.82 Å². The Hall–Kier alpha value is -4.74. The summed E-state index contributed by atoms with van der Waals surface area (Å²) < 4.78 is 35.3. The van der Waals surface area contributed by atoms with Gasteiger partial charge in [-0.1, -0.05) is 31.0 Å². The Bertz CT molecular complexity index is 1670. The minimum Gasteiger partial charge on any atom is -0.495 e. The first-order chi connectivity index (χ1) is 20.7. The maximum absolute atomic E-state index is 14.9. The molecule has 10 nitrogen and oxygen atoms in total. The Morgan fingerprint density at radius 3 is 2.77 bits per heavy atom. The van der Waals surface area contributed by atoms with Gasteiger partial charge in [-0.2, -0.15) is 13.8 Å². The topological polar surface area (TPSA) is 115 Å². The lowest BCUT2D eigenvalue weighted by Gasteiger charge is -2.31. The second-order valence-electron chi connectivity index (χ2n) is 10.9. The quantitative estimate of drug-likeness (QED) is 0.264. The summed E-state index contributed by atoms with van der Waals surface area (Å²) in [4.78, 5) is 40.1. The predicted octanol–water partition coefficient (Wildman–Crippen LogP) is 5.04. The molecule has 4 aromatic rings. The summed E-state index contributed by atoms with van der Waals surface area (Å²) in [6, 6.07) is 12.8. The molecule has 1 saturated carbocycles. The lowest BCUT2D eigenvalue weighted by atomic mass is 10.1. The van der Waals surface area contributed by atoms with Gasteiger partial charge in [-0.15, -0.1) is 0 Å². The fourth-order valence-corrected chi connectivity index (χ4v) is 5.91. The van der Waals surface area contributed by atoms with Crippen LogP contribution < -0.4 is 25.2 Å². The zero-order chi connectivity index (χ0) is 30.1. The third-order valence-electron chi connectivity index (χ3n) is 8.20. The molecule has 0 unspecified atom stereocenters. The van der Waals surface area contributed by atoms with E-state index >= 15 is 0 Å². The van der Waals surface area contributed by atoms with Crippen LogP contribution >= 0.6 is 0 Å². The Morgan fingerprint density at radius 1 is 1.19 bits per heavy atom. The van der Waals surface area contributed by atoms with Crippen LogP contribution in [0.3, 0.4) is 0 Å². The lowest BCUT2D eigenvalue weighted by molar-refractivity contribution is -0.140. The van der Waals surface area contributed by atoms with Crippen molar-refractivity contribution in [3.63, 3.8) is 0 Å². The molecule has 43 heavy (non-hydrogen) atoms. The molecular formula is C31H33F2N7O3. The van der Waals surface area contributed by atoms with Gasteiger partial charge in [0.2, 0.25) is 5.95 Å². The molecule has 0 saturated heterocycles. The molecule has 0 spiro atoms. The highest BCUT2D eigenvalue weighted by atomic mass is 19.3. The molecule has 2 aliphatic rings. The Morgan fingerprint density at radius 2 is 1.98 bits per heavy atom. The molecule has 224 valence electrons. The van der Waals surface area contributed by atoms with E-state index in [1.165, 1.54) is 20.4 Å². The molecular weight excluding hydrogens is 556 g/mol. The first-order valence-electron chi connectivity index (χ1n) is 14.3. The minimum absolute atomic E-state index is 0.144. The number of methoxy groups -OCH3 is 1. The summed E-state index contributed by atoms with van der Waals surface area (Å²) in [7, 11) is 2.80. The second kappa shape index (κ2) is 11.5. The average molecular weight is 590 g/mol. The zero-order valence-electron chi connectivity index (χ0n) is 24.0. The van der Waals surface area contributed by atoms with E-state index in [2.05, 4.69) is 25.6 Å². The number of hydrogen-bond acceptors (Lipinski definition) is 7. The summed E-state index contributed by atoms with van der Waals surface area (Å²) in [6.07, 6.45) is 7.38. The zero-order valence-corrected chi connectivity index (χ0v) is 24.0. The first-order valence-corrected chi connectivity index (χ1v) is 14.3. The van der Waals surface area contributed by atoms with Crippen molar-refractivity contribution < 1.29 is 23.1 Å². The van der Waals surface area contributed by atoms with Crippen molar-refractivity contribution in [2.45, 2.75) is 44.1 Å². The number of rotatable bonds is 8. The van der Waals surface area contributed by atoms with Crippen LogP contribution in [0.1, 0.15) is 41.6 Å². The van der Waals surface area contributed by atoms with Gasteiger partial charge in [0.1, 0.15) is 11.4 Å². The molecule has 3 heterocycles. The smallest absolute Gasteiger partial charge is 0.342 e. The van der Waals surface area contributed by atoms with Gasteiger partial charge in [-0.3, -0.25) is 9.59 Å². The number of anilines is 4. The summed E-state index contributed by atoms with van der Waals surface area (Å²) in [6.45, 7) is -0.281.